The van der Waals surface area contributed by atoms with Crippen molar-refractivity contribution < 1.29 is 4.92 Å². The second-order valence-electron chi connectivity index (χ2n) is 3.70. The van der Waals surface area contributed by atoms with Crippen LogP contribution in [0.3, 0.4) is 0 Å². The molecular weight excluding hydrogens is 429 g/mol. The summed E-state index contributed by atoms with van der Waals surface area (Å²) in [4.78, 5) is 21.9. The number of aromatic nitrogens is 2. The number of hydrogen-bond donors (Lipinski definition) is 0. The molecule has 2 aromatic rings. The zero-order valence-electron chi connectivity index (χ0n) is 9.42. The highest BCUT2D eigenvalue weighted by atomic mass is 127. The van der Waals surface area contributed by atoms with Crippen LogP contribution in [0.4, 0.5) is 5.69 Å². The minimum atomic E-state index is -0.468. The molecule has 19 heavy (non-hydrogen) atoms. The fourth-order valence-corrected chi connectivity index (χ4v) is 2.35. The third-order valence-electron chi connectivity index (χ3n) is 2.40. The topological polar surface area (TPSA) is 78.0 Å². The molecule has 98 valence electrons. The third kappa shape index (κ3) is 3.38. The lowest BCUT2D eigenvalue weighted by Crippen LogP contribution is -2.22. The summed E-state index contributed by atoms with van der Waals surface area (Å²) in [5.74, 6) is 0. The van der Waals surface area contributed by atoms with Gasteiger partial charge in [-0.3, -0.25) is 14.9 Å². The Bertz CT molecular complexity index is 702. The molecule has 2 rings (SSSR count). The Balaban J connectivity index is 2.33. The van der Waals surface area contributed by atoms with Crippen LogP contribution in [0.1, 0.15) is 5.56 Å². The number of nitrogens with zero attached hydrogens (tertiary/aromatic N) is 3. The van der Waals surface area contributed by atoms with Crippen LogP contribution < -0.4 is 5.56 Å². The molecule has 6 nitrogen and oxygen atoms in total. The number of halogens is 2. The van der Waals surface area contributed by atoms with Crippen LogP contribution in [0, 0.1) is 13.7 Å². The zero-order valence-corrected chi connectivity index (χ0v) is 13.2. The summed E-state index contributed by atoms with van der Waals surface area (Å²) in [5.41, 5.74) is 0.539. The van der Waals surface area contributed by atoms with Gasteiger partial charge >= 0.3 is 0 Å². The van der Waals surface area contributed by atoms with Gasteiger partial charge < -0.3 is 0 Å². The Morgan fingerprint density at radius 2 is 2.16 bits per heavy atom. The normalized spacial score (nSPS) is 10.4. The van der Waals surface area contributed by atoms with Gasteiger partial charge in [0, 0.05) is 26.2 Å². The van der Waals surface area contributed by atoms with Gasteiger partial charge in [0.05, 0.1) is 17.7 Å². The molecule has 0 radical (unpaired) electrons. The molecule has 8 heteroatoms. The minimum absolute atomic E-state index is 0.00135. The Hall–Kier alpha value is -1.29. The molecule has 0 aliphatic rings. The molecule has 1 heterocycles. The largest absolute Gasteiger partial charge is 0.270 e. The Morgan fingerprint density at radius 3 is 2.74 bits per heavy atom. The molecule has 0 unspecified atom stereocenters. The highest BCUT2D eigenvalue weighted by Crippen LogP contribution is 2.23. The van der Waals surface area contributed by atoms with Crippen LogP contribution in [-0.2, 0) is 6.54 Å². The van der Waals surface area contributed by atoms with Crippen molar-refractivity contribution >= 4 is 44.2 Å². The van der Waals surface area contributed by atoms with E-state index in [-0.39, 0.29) is 17.8 Å². The average Bonchev–Trinajstić information content (AvgIpc) is 2.34. The van der Waals surface area contributed by atoms with Crippen molar-refractivity contribution in [2.75, 3.05) is 0 Å². The SMILES string of the molecule is O=c1cc(I)cnn1Cc1ccc([N+](=O)[O-])cc1Br. The first kappa shape index (κ1) is 14.1. The quantitative estimate of drug-likeness (QED) is 0.421. The van der Waals surface area contributed by atoms with Crippen molar-refractivity contribution in [3.05, 3.63) is 64.5 Å². The lowest BCUT2D eigenvalue weighted by atomic mass is 10.2. The summed E-state index contributed by atoms with van der Waals surface area (Å²) in [6.07, 6.45) is 1.58. The standard InChI is InChI=1S/C11H7BrIN3O3/c12-10-4-9(16(18)19)2-1-7(10)6-15-11(17)3-8(13)5-14-15/h1-5H,6H2. The van der Waals surface area contributed by atoms with E-state index in [2.05, 4.69) is 21.0 Å². The van der Waals surface area contributed by atoms with E-state index in [1.165, 1.54) is 22.9 Å². The van der Waals surface area contributed by atoms with Gasteiger partial charge in [-0.15, -0.1) is 0 Å². The van der Waals surface area contributed by atoms with Gasteiger partial charge in [-0.2, -0.15) is 5.10 Å². The van der Waals surface area contributed by atoms with E-state index in [1.54, 1.807) is 12.3 Å². The molecule has 1 aromatic heterocycles. The van der Waals surface area contributed by atoms with Gasteiger partial charge in [0.25, 0.3) is 11.2 Å². The summed E-state index contributed by atoms with van der Waals surface area (Å²) in [6.45, 7) is 0.258. The molecule has 1 aromatic carbocycles. The Labute approximate surface area is 129 Å². The van der Waals surface area contributed by atoms with Gasteiger partial charge in [-0.05, 0) is 34.2 Å². The summed E-state index contributed by atoms with van der Waals surface area (Å²) in [5, 5.41) is 14.6. The number of non-ortho nitro benzene ring substituents is 1. The molecule has 0 bridgehead atoms. The van der Waals surface area contributed by atoms with E-state index in [1.807, 2.05) is 22.6 Å². The summed E-state index contributed by atoms with van der Waals surface area (Å²) in [7, 11) is 0. The van der Waals surface area contributed by atoms with Gasteiger partial charge in [0.15, 0.2) is 0 Å². The number of nitro benzene ring substituents is 1. The van der Waals surface area contributed by atoms with Crippen LogP contribution in [-0.4, -0.2) is 14.7 Å². The van der Waals surface area contributed by atoms with E-state index < -0.39 is 4.92 Å². The van der Waals surface area contributed by atoms with Crippen molar-refractivity contribution in [1.29, 1.82) is 0 Å². The molecule has 0 saturated carbocycles. The predicted octanol–water partition coefficient (Wildman–Crippen LogP) is 2.57. The third-order valence-corrected chi connectivity index (χ3v) is 3.73. The van der Waals surface area contributed by atoms with Crippen molar-refractivity contribution in [3.8, 4) is 0 Å². The van der Waals surface area contributed by atoms with E-state index in [9.17, 15) is 14.9 Å². The van der Waals surface area contributed by atoms with Crippen LogP contribution in [0.15, 0.2) is 39.7 Å². The first-order valence-electron chi connectivity index (χ1n) is 5.13. The molecule has 0 amide bonds. The Morgan fingerprint density at radius 1 is 1.42 bits per heavy atom. The van der Waals surface area contributed by atoms with E-state index in [4.69, 9.17) is 0 Å². The molecule has 0 N–H and O–H groups in total. The fraction of sp³-hybridized carbons (Fsp3) is 0.0909. The maximum absolute atomic E-state index is 11.7. The summed E-state index contributed by atoms with van der Waals surface area (Å²) < 4.78 is 2.64. The van der Waals surface area contributed by atoms with Crippen LogP contribution >= 0.6 is 38.5 Å². The second kappa shape index (κ2) is 5.78. The Kier molecular flexibility index (Phi) is 4.30. The number of benzene rings is 1. The number of hydrogen-bond acceptors (Lipinski definition) is 4. The number of nitro groups is 1. The zero-order chi connectivity index (χ0) is 14.0. The number of rotatable bonds is 3. The highest BCUT2D eigenvalue weighted by molar-refractivity contribution is 14.1. The van der Waals surface area contributed by atoms with Crippen molar-refractivity contribution in [2.24, 2.45) is 0 Å². The minimum Gasteiger partial charge on any atom is -0.268 e. The predicted molar refractivity (Wildman–Crippen MR) is 81.1 cm³/mol. The smallest absolute Gasteiger partial charge is 0.268 e. The lowest BCUT2D eigenvalue weighted by Gasteiger charge is -2.06. The second-order valence-corrected chi connectivity index (χ2v) is 5.80. The molecule has 0 aliphatic heterocycles. The average molecular weight is 436 g/mol. The van der Waals surface area contributed by atoms with Gasteiger partial charge in [-0.25, -0.2) is 4.68 Å². The summed E-state index contributed by atoms with van der Waals surface area (Å²) >= 11 is 5.27. The summed E-state index contributed by atoms with van der Waals surface area (Å²) in [6, 6.07) is 5.89. The maximum Gasteiger partial charge on any atom is 0.270 e. The van der Waals surface area contributed by atoms with Gasteiger partial charge in [0.1, 0.15) is 0 Å². The lowest BCUT2D eigenvalue weighted by molar-refractivity contribution is -0.384. The maximum atomic E-state index is 11.7. The van der Waals surface area contributed by atoms with E-state index >= 15 is 0 Å². The molecule has 0 fully saturated rings. The first-order valence-corrected chi connectivity index (χ1v) is 7.00. The highest BCUT2D eigenvalue weighted by Gasteiger charge is 2.10. The van der Waals surface area contributed by atoms with Crippen molar-refractivity contribution in [2.45, 2.75) is 6.54 Å². The van der Waals surface area contributed by atoms with Crippen molar-refractivity contribution in [3.63, 3.8) is 0 Å². The van der Waals surface area contributed by atoms with Crippen LogP contribution in [0.2, 0.25) is 0 Å². The molecule has 0 spiro atoms. The fourth-order valence-electron chi connectivity index (χ4n) is 1.47. The molecule has 0 atom stereocenters. The first-order chi connectivity index (χ1) is 8.97. The molecule has 0 aliphatic carbocycles. The van der Waals surface area contributed by atoms with Crippen LogP contribution in [0.5, 0.6) is 0 Å². The molecule has 0 saturated heterocycles. The van der Waals surface area contributed by atoms with Gasteiger partial charge in [-0.1, -0.05) is 15.9 Å². The monoisotopic (exact) mass is 435 g/mol. The molecular formula is C11H7BrIN3O3. The van der Waals surface area contributed by atoms with E-state index in [0.29, 0.717) is 4.47 Å². The van der Waals surface area contributed by atoms with E-state index in [0.717, 1.165) is 9.13 Å². The van der Waals surface area contributed by atoms with Crippen LogP contribution in [0.25, 0.3) is 0 Å². The van der Waals surface area contributed by atoms with Gasteiger partial charge in [0.2, 0.25) is 0 Å². The van der Waals surface area contributed by atoms with Crippen molar-refractivity contribution in [1.82, 2.24) is 9.78 Å².